The fourth-order valence-electron chi connectivity index (χ4n) is 3.01. The van der Waals surface area contributed by atoms with Crippen molar-refractivity contribution in [3.8, 4) is 17.0 Å². The lowest BCUT2D eigenvalue weighted by molar-refractivity contribution is -0.137. The molecule has 0 saturated heterocycles. The Bertz CT molecular complexity index is 1200. The summed E-state index contributed by atoms with van der Waals surface area (Å²) in [7, 11) is 0. The molecule has 0 aliphatic carbocycles. The summed E-state index contributed by atoms with van der Waals surface area (Å²) in [5.74, 6) is -0.0337. The van der Waals surface area contributed by atoms with Crippen molar-refractivity contribution in [2.45, 2.75) is 19.1 Å². The number of hydrogen-bond donors (Lipinski definition) is 1. The Morgan fingerprint density at radius 2 is 1.84 bits per heavy atom. The van der Waals surface area contributed by atoms with Crippen LogP contribution in [0.3, 0.4) is 0 Å². The number of rotatable bonds is 5. The normalized spacial score (nSPS) is 12.5. The summed E-state index contributed by atoms with van der Waals surface area (Å²) in [4.78, 5) is 12.6. The number of furan rings is 1. The number of hydrogen-bond acceptors (Lipinski definition) is 5. The lowest BCUT2D eigenvalue weighted by atomic mass is 10.1. The molecule has 1 unspecified atom stereocenters. The maximum atomic E-state index is 12.9. The minimum atomic E-state index is -4.47. The number of nitrogens with zero attached hydrogens (tertiary/aromatic N) is 4. The number of halogens is 3. The van der Waals surface area contributed by atoms with Gasteiger partial charge < -0.3 is 9.73 Å². The molecule has 1 amide bonds. The van der Waals surface area contributed by atoms with E-state index in [2.05, 4.69) is 20.8 Å². The van der Waals surface area contributed by atoms with Gasteiger partial charge in [-0.15, -0.1) is 5.10 Å². The van der Waals surface area contributed by atoms with Gasteiger partial charge in [0.2, 0.25) is 0 Å². The Morgan fingerprint density at radius 1 is 1.06 bits per heavy atom. The highest BCUT2D eigenvalue weighted by molar-refractivity contribution is 5.92. The second-order valence-electron chi connectivity index (χ2n) is 6.72. The van der Waals surface area contributed by atoms with E-state index in [1.807, 2.05) is 30.3 Å². The highest BCUT2D eigenvalue weighted by atomic mass is 19.4. The smallest absolute Gasteiger partial charge is 0.416 e. The predicted octanol–water partition coefficient (Wildman–Crippen LogP) is 4.43. The highest BCUT2D eigenvalue weighted by Gasteiger charge is 2.30. The molecule has 1 N–H and O–H groups in total. The Labute approximate surface area is 174 Å². The summed E-state index contributed by atoms with van der Waals surface area (Å²) in [5, 5.41) is 14.3. The fraction of sp³-hybridized carbons (Fsp3) is 0.143. The van der Waals surface area contributed by atoms with E-state index >= 15 is 0 Å². The van der Waals surface area contributed by atoms with Crippen molar-refractivity contribution in [1.29, 1.82) is 0 Å². The highest BCUT2D eigenvalue weighted by Crippen LogP contribution is 2.32. The Balaban J connectivity index is 1.51. The molecule has 1 atom stereocenters. The molecule has 4 aromatic rings. The molecule has 2 aromatic heterocycles. The monoisotopic (exact) mass is 427 g/mol. The zero-order valence-electron chi connectivity index (χ0n) is 16.2. The van der Waals surface area contributed by atoms with Gasteiger partial charge in [0.1, 0.15) is 5.76 Å². The SMILES string of the molecule is CC(NC(=O)c1ccc(-c2cccc(C(F)(F)F)c2)o1)c1nnnn1-c1ccccc1. The van der Waals surface area contributed by atoms with E-state index in [9.17, 15) is 18.0 Å². The summed E-state index contributed by atoms with van der Waals surface area (Å²) >= 11 is 0. The number of benzene rings is 2. The average molecular weight is 427 g/mol. The zero-order valence-corrected chi connectivity index (χ0v) is 16.2. The number of alkyl halides is 3. The van der Waals surface area contributed by atoms with Crippen LogP contribution in [-0.2, 0) is 6.18 Å². The van der Waals surface area contributed by atoms with Crippen LogP contribution in [0.4, 0.5) is 13.2 Å². The topological polar surface area (TPSA) is 85.8 Å². The maximum absolute atomic E-state index is 12.9. The van der Waals surface area contributed by atoms with E-state index < -0.39 is 23.7 Å². The largest absolute Gasteiger partial charge is 0.451 e. The third-order valence-electron chi connectivity index (χ3n) is 4.53. The number of nitrogens with one attached hydrogen (secondary N) is 1. The van der Waals surface area contributed by atoms with Crippen molar-refractivity contribution in [2.24, 2.45) is 0 Å². The van der Waals surface area contributed by atoms with Crippen molar-refractivity contribution < 1.29 is 22.4 Å². The Morgan fingerprint density at radius 3 is 2.58 bits per heavy atom. The lowest BCUT2D eigenvalue weighted by Crippen LogP contribution is -2.28. The number of amides is 1. The predicted molar refractivity (Wildman–Crippen MR) is 104 cm³/mol. The second-order valence-corrected chi connectivity index (χ2v) is 6.72. The van der Waals surface area contributed by atoms with Gasteiger partial charge in [-0.1, -0.05) is 30.3 Å². The first kappa shape index (κ1) is 20.3. The van der Waals surface area contributed by atoms with Crippen LogP contribution in [0.2, 0.25) is 0 Å². The van der Waals surface area contributed by atoms with Crippen molar-refractivity contribution >= 4 is 5.91 Å². The van der Waals surface area contributed by atoms with Gasteiger partial charge in [-0.3, -0.25) is 4.79 Å². The standard InChI is InChI=1S/C21H16F3N5O2/c1-13(19-26-27-28-29(19)16-8-3-2-4-9-16)25-20(30)18-11-10-17(31-18)14-6-5-7-15(12-14)21(22,23)24/h2-13H,1H3,(H,25,30). The molecule has 0 saturated carbocycles. The van der Waals surface area contributed by atoms with Gasteiger partial charge in [0.25, 0.3) is 5.91 Å². The number of carbonyl (C=O) groups excluding carboxylic acids is 1. The quantitative estimate of drug-likeness (QED) is 0.509. The van der Waals surface area contributed by atoms with E-state index in [4.69, 9.17) is 4.42 Å². The Hall–Kier alpha value is -3.95. The number of para-hydroxylation sites is 1. The van der Waals surface area contributed by atoms with E-state index in [1.54, 1.807) is 6.92 Å². The van der Waals surface area contributed by atoms with Crippen molar-refractivity contribution in [2.75, 3.05) is 0 Å². The van der Waals surface area contributed by atoms with Crippen LogP contribution in [0.5, 0.6) is 0 Å². The molecular formula is C21H16F3N5O2. The molecule has 31 heavy (non-hydrogen) atoms. The Kier molecular flexibility index (Phi) is 5.28. The third kappa shape index (κ3) is 4.32. The minimum Gasteiger partial charge on any atom is -0.451 e. The molecule has 0 spiro atoms. The van der Waals surface area contributed by atoms with Crippen molar-refractivity contribution in [1.82, 2.24) is 25.5 Å². The van der Waals surface area contributed by atoms with Crippen LogP contribution in [0.15, 0.2) is 71.1 Å². The fourth-order valence-corrected chi connectivity index (χ4v) is 3.01. The second kappa shape index (κ2) is 8.05. The molecule has 0 aliphatic heterocycles. The van der Waals surface area contributed by atoms with Gasteiger partial charge >= 0.3 is 6.18 Å². The van der Waals surface area contributed by atoms with E-state index in [-0.39, 0.29) is 17.1 Å². The molecule has 7 nitrogen and oxygen atoms in total. The van der Waals surface area contributed by atoms with Crippen LogP contribution in [-0.4, -0.2) is 26.1 Å². The first-order valence-corrected chi connectivity index (χ1v) is 9.25. The van der Waals surface area contributed by atoms with E-state index in [0.29, 0.717) is 5.82 Å². The first-order valence-electron chi connectivity index (χ1n) is 9.25. The summed E-state index contributed by atoms with van der Waals surface area (Å²) in [5.41, 5.74) is 0.150. The third-order valence-corrected chi connectivity index (χ3v) is 4.53. The molecule has 0 fully saturated rings. The molecule has 2 heterocycles. The summed E-state index contributed by atoms with van der Waals surface area (Å²) in [6.07, 6.45) is -4.47. The molecule has 0 radical (unpaired) electrons. The number of aromatic nitrogens is 4. The lowest BCUT2D eigenvalue weighted by Gasteiger charge is -2.12. The van der Waals surface area contributed by atoms with Crippen LogP contribution in [0, 0.1) is 0 Å². The molecular weight excluding hydrogens is 411 g/mol. The van der Waals surface area contributed by atoms with Crippen LogP contribution >= 0.6 is 0 Å². The molecule has 4 rings (SSSR count). The van der Waals surface area contributed by atoms with Crippen molar-refractivity contribution in [3.05, 3.63) is 83.9 Å². The molecule has 0 aliphatic rings. The van der Waals surface area contributed by atoms with E-state index in [1.165, 1.54) is 28.9 Å². The molecule has 10 heteroatoms. The van der Waals surface area contributed by atoms with Crippen LogP contribution < -0.4 is 5.32 Å². The number of carbonyl (C=O) groups is 1. The van der Waals surface area contributed by atoms with E-state index in [0.717, 1.165) is 17.8 Å². The maximum Gasteiger partial charge on any atom is 0.416 e. The molecule has 158 valence electrons. The van der Waals surface area contributed by atoms with Crippen LogP contribution in [0.25, 0.3) is 17.0 Å². The van der Waals surface area contributed by atoms with Gasteiger partial charge in [-0.05, 0) is 53.7 Å². The molecule has 2 aromatic carbocycles. The summed E-state index contributed by atoms with van der Waals surface area (Å²) in [6.45, 7) is 1.71. The van der Waals surface area contributed by atoms with Gasteiger partial charge in [0.15, 0.2) is 11.6 Å². The van der Waals surface area contributed by atoms with Crippen LogP contribution in [0.1, 0.15) is 34.9 Å². The number of tetrazole rings is 1. The zero-order chi connectivity index (χ0) is 22.0. The van der Waals surface area contributed by atoms with Gasteiger partial charge in [-0.2, -0.15) is 17.9 Å². The van der Waals surface area contributed by atoms with Gasteiger partial charge in [-0.25, -0.2) is 0 Å². The summed E-state index contributed by atoms with van der Waals surface area (Å²) in [6, 6.07) is 16.2. The summed E-state index contributed by atoms with van der Waals surface area (Å²) < 4.78 is 45.8. The van der Waals surface area contributed by atoms with Gasteiger partial charge in [0.05, 0.1) is 17.3 Å². The van der Waals surface area contributed by atoms with Gasteiger partial charge in [0, 0.05) is 5.56 Å². The average Bonchev–Trinajstić information content (AvgIpc) is 3.44. The first-order chi connectivity index (χ1) is 14.8. The minimum absolute atomic E-state index is 0.0435. The molecule has 0 bridgehead atoms. The van der Waals surface area contributed by atoms with Crippen molar-refractivity contribution in [3.63, 3.8) is 0 Å².